The summed E-state index contributed by atoms with van der Waals surface area (Å²) in [6.07, 6.45) is 2.27. The second-order valence-corrected chi connectivity index (χ2v) is 6.06. The van der Waals surface area contributed by atoms with Crippen LogP contribution >= 0.6 is 0 Å². The third-order valence-corrected chi connectivity index (χ3v) is 4.23. The first kappa shape index (κ1) is 17.5. The SMILES string of the molecule is CCO[C@@H](C)c1noc(CCC(=O)N2CCC[C@@H]2c2noc(C)n2)n1. The van der Waals surface area contributed by atoms with Crippen molar-refractivity contribution in [2.24, 2.45) is 0 Å². The second-order valence-electron chi connectivity index (χ2n) is 6.06. The molecule has 1 aliphatic heterocycles. The van der Waals surface area contributed by atoms with Crippen LogP contribution in [-0.2, 0) is 16.0 Å². The molecule has 0 N–H and O–H groups in total. The predicted octanol–water partition coefficient (Wildman–Crippen LogP) is 2.15. The number of hydrogen-bond donors (Lipinski definition) is 0. The topological polar surface area (TPSA) is 107 Å². The molecule has 0 aliphatic carbocycles. The molecule has 2 atom stereocenters. The van der Waals surface area contributed by atoms with Gasteiger partial charge in [-0.15, -0.1) is 0 Å². The fraction of sp³-hybridized carbons (Fsp3) is 0.688. The molecule has 2 aromatic heterocycles. The van der Waals surface area contributed by atoms with E-state index >= 15 is 0 Å². The molecule has 0 aromatic carbocycles. The number of amides is 1. The van der Waals surface area contributed by atoms with Gasteiger partial charge in [0.1, 0.15) is 6.10 Å². The van der Waals surface area contributed by atoms with E-state index in [9.17, 15) is 4.79 Å². The highest BCUT2D eigenvalue weighted by Gasteiger charge is 2.33. The van der Waals surface area contributed by atoms with E-state index in [-0.39, 0.29) is 18.1 Å². The molecule has 136 valence electrons. The maximum absolute atomic E-state index is 12.6. The number of nitrogens with zero attached hydrogens (tertiary/aromatic N) is 5. The minimum Gasteiger partial charge on any atom is -0.371 e. The first-order chi connectivity index (χ1) is 12.1. The van der Waals surface area contributed by atoms with Crippen LogP contribution in [0.3, 0.4) is 0 Å². The molecule has 2 aromatic rings. The van der Waals surface area contributed by atoms with Gasteiger partial charge in [-0.25, -0.2) is 0 Å². The second kappa shape index (κ2) is 7.73. The average molecular weight is 349 g/mol. The largest absolute Gasteiger partial charge is 0.371 e. The Kier molecular flexibility index (Phi) is 5.42. The van der Waals surface area contributed by atoms with E-state index in [1.54, 1.807) is 6.92 Å². The predicted molar refractivity (Wildman–Crippen MR) is 85.4 cm³/mol. The highest BCUT2D eigenvalue weighted by atomic mass is 16.5. The molecule has 0 spiro atoms. The molecule has 0 bridgehead atoms. The van der Waals surface area contributed by atoms with Gasteiger partial charge in [-0.1, -0.05) is 10.3 Å². The van der Waals surface area contributed by atoms with Crippen molar-refractivity contribution in [2.75, 3.05) is 13.2 Å². The maximum Gasteiger partial charge on any atom is 0.227 e. The summed E-state index contributed by atoms with van der Waals surface area (Å²) in [4.78, 5) is 22.9. The highest BCUT2D eigenvalue weighted by Crippen LogP contribution is 2.30. The highest BCUT2D eigenvalue weighted by molar-refractivity contribution is 5.77. The van der Waals surface area contributed by atoms with Gasteiger partial charge >= 0.3 is 0 Å². The van der Waals surface area contributed by atoms with Crippen molar-refractivity contribution in [2.45, 2.75) is 58.6 Å². The molecule has 1 aliphatic rings. The van der Waals surface area contributed by atoms with Gasteiger partial charge in [0, 0.05) is 32.9 Å². The van der Waals surface area contributed by atoms with Crippen molar-refractivity contribution < 1.29 is 18.6 Å². The van der Waals surface area contributed by atoms with Crippen molar-refractivity contribution >= 4 is 5.91 Å². The van der Waals surface area contributed by atoms with Gasteiger partial charge in [0.2, 0.25) is 17.7 Å². The number of ether oxygens (including phenoxy) is 1. The lowest BCUT2D eigenvalue weighted by Crippen LogP contribution is -2.31. The van der Waals surface area contributed by atoms with Gasteiger partial charge in [-0.3, -0.25) is 4.79 Å². The molecule has 9 nitrogen and oxygen atoms in total. The van der Waals surface area contributed by atoms with E-state index in [0.717, 1.165) is 12.8 Å². The van der Waals surface area contributed by atoms with Crippen LogP contribution in [0.1, 0.15) is 68.7 Å². The Morgan fingerprint density at radius 2 is 2.20 bits per heavy atom. The van der Waals surface area contributed by atoms with Crippen LogP contribution in [0.2, 0.25) is 0 Å². The third-order valence-electron chi connectivity index (χ3n) is 4.23. The Morgan fingerprint density at radius 1 is 1.36 bits per heavy atom. The summed E-state index contributed by atoms with van der Waals surface area (Å²) >= 11 is 0. The normalized spacial score (nSPS) is 18.7. The zero-order valence-corrected chi connectivity index (χ0v) is 14.8. The van der Waals surface area contributed by atoms with Gasteiger partial charge in [-0.2, -0.15) is 9.97 Å². The van der Waals surface area contributed by atoms with Crippen molar-refractivity contribution in [1.29, 1.82) is 0 Å². The molecule has 0 saturated carbocycles. The molecule has 0 unspecified atom stereocenters. The number of carbonyl (C=O) groups excluding carboxylic acids is 1. The monoisotopic (exact) mass is 349 g/mol. The number of likely N-dealkylation sites (tertiary alicyclic amines) is 1. The zero-order valence-electron chi connectivity index (χ0n) is 14.8. The van der Waals surface area contributed by atoms with E-state index in [2.05, 4.69) is 20.3 Å². The van der Waals surface area contributed by atoms with Crippen LogP contribution in [0.5, 0.6) is 0 Å². The quantitative estimate of drug-likeness (QED) is 0.748. The lowest BCUT2D eigenvalue weighted by molar-refractivity contribution is -0.132. The number of aromatic nitrogens is 4. The van der Waals surface area contributed by atoms with Crippen LogP contribution < -0.4 is 0 Å². The van der Waals surface area contributed by atoms with Crippen molar-refractivity contribution in [1.82, 2.24) is 25.2 Å². The van der Waals surface area contributed by atoms with E-state index in [0.29, 0.717) is 49.4 Å². The molecule has 25 heavy (non-hydrogen) atoms. The number of carbonyl (C=O) groups is 1. The van der Waals surface area contributed by atoms with E-state index in [1.807, 2.05) is 18.7 Å². The fourth-order valence-electron chi connectivity index (χ4n) is 3.00. The lowest BCUT2D eigenvalue weighted by atomic mass is 10.2. The maximum atomic E-state index is 12.6. The summed E-state index contributed by atoms with van der Waals surface area (Å²) in [7, 11) is 0. The fourth-order valence-corrected chi connectivity index (χ4v) is 3.00. The van der Waals surface area contributed by atoms with Crippen LogP contribution in [0, 0.1) is 6.92 Å². The van der Waals surface area contributed by atoms with Crippen molar-refractivity contribution in [3.05, 3.63) is 23.4 Å². The Morgan fingerprint density at radius 3 is 2.92 bits per heavy atom. The molecule has 1 saturated heterocycles. The summed E-state index contributed by atoms with van der Waals surface area (Å²) in [5.41, 5.74) is 0. The van der Waals surface area contributed by atoms with Crippen LogP contribution in [-0.4, -0.2) is 44.2 Å². The molecule has 1 amide bonds. The van der Waals surface area contributed by atoms with Gasteiger partial charge in [0.05, 0.1) is 6.04 Å². The Balaban J connectivity index is 1.57. The van der Waals surface area contributed by atoms with Gasteiger partial charge < -0.3 is 18.7 Å². The minimum atomic E-state index is -0.220. The van der Waals surface area contributed by atoms with Gasteiger partial charge in [0.25, 0.3) is 0 Å². The zero-order chi connectivity index (χ0) is 17.8. The van der Waals surface area contributed by atoms with Gasteiger partial charge in [-0.05, 0) is 26.7 Å². The molecule has 3 heterocycles. The molecular formula is C16H23N5O4. The number of hydrogen-bond acceptors (Lipinski definition) is 8. The smallest absolute Gasteiger partial charge is 0.227 e. The van der Waals surface area contributed by atoms with Gasteiger partial charge in [0.15, 0.2) is 11.6 Å². The summed E-state index contributed by atoms with van der Waals surface area (Å²) in [5.74, 6) is 2.07. The summed E-state index contributed by atoms with van der Waals surface area (Å²) in [5, 5.41) is 7.86. The van der Waals surface area contributed by atoms with Crippen LogP contribution in [0.4, 0.5) is 0 Å². The minimum absolute atomic E-state index is 0.0301. The standard InChI is InChI=1S/C16H23N5O4/c1-4-23-10(2)15-18-13(25-19-15)7-8-14(22)21-9-5-6-12(21)16-17-11(3)24-20-16/h10,12H,4-9H2,1-3H3/t10-,12+/m0/s1. The molecular weight excluding hydrogens is 326 g/mol. The lowest BCUT2D eigenvalue weighted by Gasteiger charge is -2.21. The number of aryl methyl sites for hydroxylation is 2. The molecule has 3 rings (SSSR count). The summed E-state index contributed by atoms with van der Waals surface area (Å²) in [6, 6.07) is -0.110. The summed E-state index contributed by atoms with van der Waals surface area (Å²) < 4.78 is 15.7. The first-order valence-electron chi connectivity index (χ1n) is 8.62. The van der Waals surface area contributed by atoms with Crippen molar-refractivity contribution in [3.63, 3.8) is 0 Å². The Bertz CT molecular complexity index is 713. The number of rotatable bonds is 7. The Labute approximate surface area is 145 Å². The Hall–Kier alpha value is -2.29. The van der Waals surface area contributed by atoms with E-state index in [1.165, 1.54) is 0 Å². The van der Waals surface area contributed by atoms with Crippen LogP contribution in [0.25, 0.3) is 0 Å². The first-order valence-corrected chi connectivity index (χ1v) is 8.62. The third kappa shape index (κ3) is 4.04. The molecule has 9 heteroatoms. The van der Waals surface area contributed by atoms with Crippen molar-refractivity contribution in [3.8, 4) is 0 Å². The molecule has 1 fully saturated rings. The molecule has 0 radical (unpaired) electrons. The summed E-state index contributed by atoms with van der Waals surface area (Å²) in [6.45, 7) is 6.80. The average Bonchev–Trinajstić information content (AvgIpc) is 3.32. The van der Waals surface area contributed by atoms with E-state index in [4.69, 9.17) is 13.8 Å². The van der Waals surface area contributed by atoms with Crippen LogP contribution in [0.15, 0.2) is 9.05 Å². The van der Waals surface area contributed by atoms with E-state index < -0.39 is 0 Å².